The lowest BCUT2D eigenvalue weighted by atomic mass is 9.83. The summed E-state index contributed by atoms with van der Waals surface area (Å²) in [6, 6.07) is 24.3. The normalized spacial score (nSPS) is 16.6. The minimum absolute atomic E-state index is 0.0190. The summed E-state index contributed by atoms with van der Waals surface area (Å²) in [6.45, 7) is 4.14. The molecule has 1 aromatic heterocycles. The van der Waals surface area contributed by atoms with Crippen LogP contribution in [0.5, 0.6) is 5.75 Å². The Balaban J connectivity index is 1.55. The number of thiazole rings is 1. The second-order valence-electron chi connectivity index (χ2n) is 8.84. The Bertz CT molecular complexity index is 1700. The summed E-state index contributed by atoms with van der Waals surface area (Å²) in [5, 5.41) is 0. The van der Waals surface area contributed by atoms with Gasteiger partial charge in [-0.05, 0) is 65.4 Å². The van der Waals surface area contributed by atoms with Gasteiger partial charge in [0, 0.05) is 10.0 Å². The molecule has 0 saturated carbocycles. The van der Waals surface area contributed by atoms with Crippen LogP contribution in [0.3, 0.4) is 0 Å². The largest absolute Gasteiger partial charge is 0.490 e. The first-order valence-corrected chi connectivity index (χ1v) is 13.5. The number of allylic oxidation sites excluding steroid dienone is 1. The molecule has 4 nitrogen and oxygen atoms in total. The number of hydrogen-bond donors (Lipinski definition) is 0. The molecule has 1 aliphatic carbocycles. The van der Waals surface area contributed by atoms with Gasteiger partial charge in [-0.1, -0.05) is 88.5 Å². The number of ether oxygens (including phenoxy) is 1. The molecule has 4 aromatic rings. The number of hydrogen-bond acceptors (Lipinski definition) is 4. The minimum atomic E-state index is -0.179. The van der Waals surface area contributed by atoms with Gasteiger partial charge in [0.15, 0.2) is 4.80 Å². The van der Waals surface area contributed by atoms with Gasteiger partial charge in [-0.25, -0.2) is 4.99 Å². The van der Waals surface area contributed by atoms with Gasteiger partial charge < -0.3 is 4.74 Å². The summed E-state index contributed by atoms with van der Waals surface area (Å²) in [7, 11) is 0. The first-order valence-electron chi connectivity index (χ1n) is 11.8. The molecule has 6 rings (SSSR count). The van der Waals surface area contributed by atoms with Gasteiger partial charge in [-0.15, -0.1) is 0 Å². The van der Waals surface area contributed by atoms with E-state index in [0.717, 1.165) is 44.7 Å². The third-order valence-corrected chi connectivity index (χ3v) is 8.09. The van der Waals surface area contributed by atoms with Crippen LogP contribution >= 0.6 is 27.3 Å². The van der Waals surface area contributed by atoms with E-state index < -0.39 is 0 Å². The van der Waals surface area contributed by atoms with Crippen molar-refractivity contribution in [3.05, 3.63) is 137 Å². The van der Waals surface area contributed by atoms with Crippen LogP contribution in [0.4, 0.5) is 0 Å². The molecule has 36 heavy (non-hydrogen) atoms. The van der Waals surface area contributed by atoms with Crippen LogP contribution < -0.4 is 19.6 Å². The molecule has 0 saturated heterocycles. The van der Waals surface area contributed by atoms with Crippen molar-refractivity contribution in [2.75, 3.05) is 6.61 Å². The number of halogens is 1. The SMILES string of the molecule is C=CCOc1cccc(/C=c2/sc3n(c2=O)[C@@H](c2ccc(Br)cc2)C2=C(N=3)c3ccccc3CC2)c1. The highest BCUT2D eigenvalue weighted by molar-refractivity contribution is 9.10. The fourth-order valence-corrected chi connectivity index (χ4v) is 6.23. The summed E-state index contributed by atoms with van der Waals surface area (Å²) >= 11 is 4.99. The summed E-state index contributed by atoms with van der Waals surface area (Å²) in [4.78, 5) is 19.7. The van der Waals surface area contributed by atoms with Crippen molar-refractivity contribution in [1.29, 1.82) is 0 Å². The van der Waals surface area contributed by atoms with Crippen LogP contribution in [0.25, 0.3) is 11.8 Å². The lowest BCUT2D eigenvalue weighted by Gasteiger charge is -2.30. The van der Waals surface area contributed by atoms with Crippen molar-refractivity contribution >= 4 is 39.0 Å². The fourth-order valence-electron chi connectivity index (χ4n) is 4.97. The van der Waals surface area contributed by atoms with E-state index in [-0.39, 0.29) is 11.6 Å². The molecule has 0 fully saturated rings. The lowest BCUT2D eigenvalue weighted by molar-refractivity contribution is 0.363. The van der Waals surface area contributed by atoms with Crippen molar-refractivity contribution < 1.29 is 4.74 Å². The van der Waals surface area contributed by atoms with Crippen LogP contribution in [-0.2, 0) is 6.42 Å². The van der Waals surface area contributed by atoms with Gasteiger partial charge in [0.05, 0.1) is 16.3 Å². The maximum absolute atomic E-state index is 13.9. The zero-order valence-electron chi connectivity index (χ0n) is 19.5. The number of benzene rings is 3. The topological polar surface area (TPSA) is 43.6 Å². The van der Waals surface area contributed by atoms with Crippen LogP contribution in [-0.4, -0.2) is 11.2 Å². The Morgan fingerprint density at radius 2 is 1.92 bits per heavy atom. The van der Waals surface area contributed by atoms with E-state index in [9.17, 15) is 4.79 Å². The molecule has 0 spiro atoms. The number of fused-ring (bicyclic) bond motifs is 3. The molecule has 0 radical (unpaired) electrons. The van der Waals surface area contributed by atoms with Crippen LogP contribution in [0.1, 0.15) is 34.7 Å². The standard InChI is InChI=1S/C30H23BrN2O2S/c1-2-16-35-23-8-5-6-19(17-23)18-26-29(34)33-28(21-10-13-22(31)14-11-21)25-15-12-20-7-3-4-9-24(20)27(25)32-30(33)36-26/h2-11,13-14,17-18,28H,1,12,15-16H2/b26-18+/t28-/m0/s1. The average molecular weight is 555 g/mol. The smallest absolute Gasteiger partial charge is 0.271 e. The summed E-state index contributed by atoms with van der Waals surface area (Å²) < 4.78 is 9.23. The molecule has 1 aliphatic heterocycles. The molecular weight excluding hydrogens is 532 g/mol. The minimum Gasteiger partial charge on any atom is -0.490 e. The third-order valence-electron chi connectivity index (χ3n) is 6.58. The molecule has 0 unspecified atom stereocenters. The van der Waals surface area contributed by atoms with Gasteiger partial charge in [-0.2, -0.15) is 0 Å². The first-order chi connectivity index (χ1) is 17.6. The van der Waals surface area contributed by atoms with E-state index in [2.05, 4.69) is 58.9 Å². The Kier molecular flexibility index (Phi) is 6.07. The summed E-state index contributed by atoms with van der Waals surface area (Å²) in [5.41, 5.74) is 6.68. The van der Waals surface area contributed by atoms with E-state index in [1.165, 1.54) is 28.0 Å². The third kappa shape index (κ3) is 4.10. The number of nitrogens with zero attached hydrogens (tertiary/aromatic N) is 2. The zero-order chi connectivity index (χ0) is 24.6. The van der Waals surface area contributed by atoms with Gasteiger partial charge in [0.25, 0.3) is 5.56 Å². The molecule has 2 aliphatic rings. The Morgan fingerprint density at radius 1 is 1.08 bits per heavy atom. The number of aromatic nitrogens is 1. The van der Waals surface area contributed by atoms with Crippen LogP contribution in [0.15, 0.2) is 105 Å². The number of aryl methyl sites for hydroxylation is 1. The Morgan fingerprint density at radius 3 is 2.75 bits per heavy atom. The monoisotopic (exact) mass is 554 g/mol. The highest BCUT2D eigenvalue weighted by Crippen LogP contribution is 2.41. The van der Waals surface area contributed by atoms with E-state index in [0.29, 0.717) is 11.1 Å². The molecule has 0 N–H and O–H groups in total. The van der Waals surface area contributed by atoms with Gasteiger partial charge >= 0.3 is 0 Å². The van der Waals surface area contributed by atoms with E-state index in [1.807, 2.05) is 47.0 Å². The molecule has 1 atom stereocenters. The van der Waals surface area contributed by atoms with E-state index in [4.69, 9.17) is 9.73 Å². The molecule has 2 heterocycles. The van der Waals surface area contributed by atoms with Crippen molar-refractivity contribution in [3.63, 3.8) is 0 Å². The number of rotatable bonds is 5. The van der Waals surface area contributed by atoms with Crippen LogP contribution in [0.2, 0.25) is 0 Å². The Hall–Kier alpha value is -3.48. The van der Waals surface area contributed by atoms with Gasteiger partial charge in [0.2, 0.25) is 0 Å². The highest BCUT2D eigenvalue weighted by atomic mass is 79.9. The van der Waals surface area contributed by atoms with Crippen molar-refractivity contribution in [3.8, 4) is 5.75 Å². The molecular formula is C30H23BrN2O2S. The zero-order valence-corrected chi connectivity index (χ0v) is 21.9. The second-order valence-corrected chi connectivity index (χ2v) is 10.8. The quantitative estimate of drug-likeness (QED) is 0.299. The molecule has 0 bridgehead atoms. The lowest BCUT2D eigenvalue weighted by Crippen LogP contribution is -2.38. The van der Waals surface area contributed by atoms with E-state index in [1.54, 1.807) is 6.08 Å². The average Bonchev–Trinajstić information content (AvgIpc) is 3.21. The van der Waals surface area contributed by atoms with Gasteiger partial charge in [-0.3, -0.25) is 9.36 Å². The van der Waals surface area contributed by atoms with Crippen molar-refractivity contribution in [2.24, 2.45) is 4.99 Å². The van der Waals surface area contributed by atoms with Crippen molar-refractivity contribution in [2.45, 2.75) is 18.9 Å². The fraction of sp³-hybridized carbons (Fsp3) is 0.133. The second kappa shape index (κ2) is 9.52. The predicted octanol–water partition coefficient (Wildman–Crippen LogP) is 5.65. The maximum atomic E-state index is 13.9. The molecule has 178 valence electrons. The van der Waals surface area contributed by atoms with Gasteiger partial charge in [0.1, 0.15) is 12.4 Å². The van der Waals surface area contributed by atoms with Crippen molar-refractivity contribution in [1.82, 2.24) is 4.57 Å². The summed E-state index contributed by atoms with van der Waals surface area (Å²) in [6.07, 6.45) is 5.47. The summed E-state index contributed by atoms with van der Waals surface area (Å²) in [5.74, 6) is 0.747. The first kappa shape index (κ1) is 23.0. The molecule has 3 aromatic carbocycles. The molecule has 0 amide bonds. The highest BCUT2D eigenvalue weighted by Gasteiger charge is 2.32. The Labute approximate surface area is 221 Å². The molecule has 6 heteroatoms. The predicted molar refractivity (Wildman–Crippen MR) is 149 cm³/mol. The van der Waals surface area contributed by atoms with E-state index >= 15 is 0 Å². The van der Waals surface area contributed by atoms with Crippen LogP contribution in [0, 0.1) is 0 Å². The maximum Gasteiger partial charge on any atom is 0.271 e.